The fourth-order valence-corrected chi connectivity index (χ4v) is 1.70. The Bertz CT molecular complexity index is 344. The van der Waals surface area contributed by atoms with E-state index in [0.29, 0.717) is 18.1 Å². The summed E-state index contributed by atoms with van der Waals surface area (Å²) in [5.41, 5.74) is 0. The fraction of sp³-hybridized carbons (Fsp3) is 0.700. The van der Waals surface area contributed by atoms with E-state index in [-0.39, 0.29) is 17.6 Å². The Balaban J connectivity index is 2.20. The molecule has 4 heteroatoms. The molecule has 76 valence electrons. The van der Waals surface area contributed by atoms with Crippen LogP contribution in [0.15, 0.2) is 4.52 Å². The zero-order chi connectivity index (χ0) is 10.1. The first kappa shape index (κ1) is 9.37. The zero-order valence-corrected chi connectivity index (χ0v) is 8.49. The van der Waals surface area contributed by atoms with Gasteiger partial charge in [-0.25, -0.2) is 0 Å². The summed E-state index contributed by atoms with van der Waals surface area (Å²) in [5, 5.41) is 3.86. The molecule has 0 aliphatic heterocycles. The number of carbonyl (C=O) groups is 1. The van der Waals surface area contributed by atoms with E-state index in [2.05, 4.69) is 10.1 Å². The second kappa shape index (κ2) is 3.52. The van der Waals surface area contributed by atoms with Crippen molar-refractivity contribution in [2.75, 3.05) is 0 Å². The highest BCUT2D eigenvalue weighted by atomic mass is 16.5. The number of carbonyl (C=O) groups excluding carboxylic acids is 1. The molecule has 4 nitrogen and oxygen atoms in total. The van der Waals surface area contributed by atoms with Gasteiger partial charge in [0.25, 0.3) is 0 Å². The minimum Gasteiger partial charge on any atom is -0.339 e. The summed E-state index contributed by atoms with van der Waals surface area (Å²) in [6, 6.07) is 0. The lowest BCUT2D eigenvalue weighted by Crippen LogP contribution is -2.04. The molecule has 0 amide bonds. The van der Waals surface area contributed by atoms with Gasteiger partial charge in [0.05, 0.1) is 5.92 Å². The lowest BCUT2D eigenvalue weighted by atomic mass is 10.1. The first-order chi connectivity index (χ1) is 6.68. The third-order valence-corrected chi connectivity index (χ3v) is 2.58. The van der Waals surface area contributed by atoms with Crippen LogP contribution in [0.2, 0.25) is 0 Å². The van der Waals surface area contributed by atoms with Gasteiger partial charge in [-0.15, -0.1) is 0 Å². The van der Waals surface area contributed by atoms with Crippen LogP contribution in [0.25, 0.3) is 0 Å². The van der Waals surface area contributed by atoms with Crippen molar-refractivity contribution < 1.29 is 9.32 Å². The summed E-state index contributed by atoms with van der Waals surface area (Å²) in [6.07, 6.45) is 2.46. The Kier molecular flexibility index (Phi) is 2.35. The monoisotopic (exact) mass is 194 g/mol. The van der Waals surface area contributed by atoms with Crippen molar-refractivity contribution in [1.82, 2.24) is 10.1 Å². The highest BCUT2D eigenvalue weighted by Gasteiger charge is 2.31. The Morgan fingerprint density at radius 2 is 2.29 bits per heavy atom. The number of nitrogens with zero attached hydrogens (tertiary/aromatic N) is 2. The van der Waals surface area contributed by atoms with Crippen molar-refractivity contribution in [3.05, 3.63) is 11.7 Å². The van der Waals surface area contributed by atoms with Crippen LogP contribution >= 0.6 is 0 Å². The molecule has 1 aromatic rings. The van der Waals surface area contributed by atoms with E-state index in [9.17, 15) is 4.79 Å². The molecular formula is C10H14N2O2. The Hall–Kier alpha value is -1.19. The largest absolute Gasteiger partial charge is 0.339 e. The first-order valence-corrected chi connectivity index (χ1v) is 5.04. The number of ketones is 1. The average Bonchev–Trinajstić information content (AvgIpc) is 2.71. The van der Waals surface area contributed by atoms with E-state index < -0.39 is 0 Å². The van der Waals surface area contributed by atoms with E-state index in [1.165, 1.54) is 0 Å². The molecule has 1 heterocycles. The van der Waals surface area contributed by atoms with Crippen LogP contribution in [0.1, 0.15) is 56.7 Å². The summed E-state index contributed by atoms with van der Waals surface area (Å²) in [7, 11) is 0. The molecule has 1 aliphatic carbocycles. The van der Waals surface area contributed by atoms with Crippen LogP contribution in [0, 0.1) is 0 Å². The lowest BCUT2D eigenvalue weighted by Gasteiger charge is -1.98. The maximum absolute atomic E-state index is 11.4. The number of rotatable bonds is 2. The summed E-state index contributed by atoms with van der Waals surface area (Å²) in [6.45, 7) is 4.01. The smallest absolute Gasteiger partial charge is 0.237 e. The van der Waals surface area contributed by atoms with Gasteiger partial charge in [-0.1, -0.05) is 19.0 Å². The minimum atomic E-state index is -0.130. The van der Waals surface area contributed by atoms with Gasteiger partial charge in [0, 0.05) is 12.3 Å². The average molecular weight is 194 g/mol. The van der Waals surface area contributed by atoms with E-state index in [1.807, 2.05) is 13.8 Å². The molecule has 0 saturated heterocycles. The van der Waals surface area contributed by atoms with E-state index in [1.54, 1.807) is 0 Å². The first-order valence-electron chi connectivity index (χ1n) is 5.04. The molecule has 14 heavy (non-hydrogen) atoms. The topological polar surface area (TPSA) is 56.0 Å². The molecule has 0 spiro atoms. The highest BCUT2D eigenvalue weighted by molar-refractivity contribution is 5.86. The third-order valence-electron chi connectivity index (χ3n) is 2.58. The van der Waals surface area contributed by atoms with Crippen LogP contribution in [0.3, 0.4) is 0 Å². The van der Waals surface area contributed by atoms with Crippen LogP contribution in [-0.4, -0.2) is 15.9 Å². The lowest BCUT2D eigenvalue weighted by molar-refractivity contribution is -0.119. The van der Waals surface area contributed by atoms with Crippen molar-refractivity contribution >= 4 is 5.78 Å². The number of hydrogen-bond acceptors (Lipinski definition) is 4. The van der Waals surface area contributed by atoms with E-state index in [4.69, 9.17) is 4.52 Å². The summed E-state index contributed by atoms with van der Waals surface area (Å²) in [5.74, 6) is 1.57. The predicted molar refractivity (Wildman–Crippen MR) is 50.0 cm³/mol. The van der Waals surface area contributed by atoms with Crippen molar-refractivity contribution in [2.24, 2.45) is 0 Å². The molecule has 1 aromatic heterocycles. The van der Waals surface area contributed by atoms with Gasteiger partial charge in [-0.05, 0) is 12.8 Å². The maximum Gasteiger partial charge on any atom is 0.237 e. The number of Topliss-reactive ketones (excluding diaryl/α,β-unsaturated/α-hetero) is 1. The van der Waals surface area contributed by atoms with Crippen molar-refractivity contribution in [2.45, 2.75) is 44.9 Å². The molecule has 2 rings (SSSR count). The number of aromatic nitrogens is 2. The van der Waals surface area contributed by atoms with Gasteiger partial charge in [-0.2, -0.15) is 4.98 Å². The molecule has 0 bridgehead atoms. The minimum absolute atomic E-state index is 0.130. The summed E-state index contributed by atoms with van der Waals surface area (Å²) >= 11 is 0. The Morgan fingerprint density at radius 1 is 1.50 bits per heavy atom. The van der Waals surface area contributed by atoms with Crippen LogP contribution in [-0.2, 0) is 4.79 Å². The standard InChI is InChI=1S/C10H14N2O2/c1-6(2)9-11-10(14-12-9)7-4-3-5-8(7)13/h6-7H,3-5H2,1-2H3. The zero-order valence-electron chi connectivity index (χ0n) is 8.49. The van der Waals surface area contributed by atoms with Crippen LogP contribution < -0.4 is 0 Å². The SMILES string of the molecule is CC(C)c1noc(C2CCCC2=O)n1. The van der Waals surface area contributed by atoms with Crippen molar-refractivity contribution in [1.29, 1.82) is 0 Å². The van der Waals surface area contributed by atoms with Gasteiger partial charge in [0.2, 0.25) is 5.89 Å². The molecule has 1 fully saturated rings. The number of hydrogen-bond donors (Lipinski definition) is 0. The molecule has 1 saturated carbocycles. The van der Waals surface area contributed by atoms with Crippen molar-refractivity contribution in [3.63, 3.8) is 0 Å². The molecule has 0 aromatic carbocycles. The molecule has 1 atom stereocenters. The van der Waals surface area contributed by atoms with Gasteiger partial charge in [0.1, 0.15) is 5.78 Å². The predicted octanol–water partition coefficient (Wildman–Crippen LogP) is 2.03. The summed E-state index contributed by atoms with van der Waals surface area (Å²) in [4.78, 5) is 15.7. The molecular weight excluding hydrogens is 180 g/mol. The van der Waals surface area contributed by atoms with E-state index >= 15 is 0 Å². The highest BCUT2D eigenvalue weighted by Crippen LogP contribution is 2.30. The van der Waals surface area contributed by atoms with Crippen LogP contribution in [0.4, 0.5) is 0 Å². The summed E-state index contributed by atoms with van der Waals surface area (Å²) < 4.78 is 5.10. The van der Waals surface area contributed by atoms with Crippen LogP contribution in [0.5, 0.6) is 0 Å². The maximum atomic E-state index is 11.4. The van der Waals surface area contributed by atoms with Gasteiger partial charge >= 0.3 is 0 Å². The Labute approximate surface area is 82.7 Å². The molecule has 1 unspecified atom stereocenters. The van der Waals surface area contributed by atoms with Gasteiger partial charge in [0.15, 0.2) is 5.82 Å². The van der Waals surface area contributed by atoms with Gasteiger partial charge < -0.3 is 4.52 Å². The van der Waals surface area contributed by atoms with E-state index in [0.717, 1.165) is 12.8 Å². The fourth-order valence-electron chi connectivity index (χ4n) is 1.70. The van der Waals surface area contributed by atoms with Crippen molar-refractivity contribution in [3.8, 4) is 0 Å². The molecule has 0 radical (unpaired) electrons. The Morgan fingerprint density at radius 3 is 2.79 bits per heavy atom. The van der Waals surface area contributed by atoms with Gasteiger partial charge in [-0.3, -0.25) is 4.79 Å². The molecule has 0 N–H and O–H groups in total. The second-order valence-electron chi connectivity index (χ2n) is 4.06. The molecule has 1 aliphatic rings. The quantitative estimate of drug-likeness (QED) is 0.722. The second-order valence-corrected chi connectivity index (χ2v) is 4.06. The normalized spacial score (nSPS) is 22.2. The third kappa shape index (κ3) is 1.56.